The van der Waals surface area contributed by atoms with Crippen molar-refractivity contribution in [2.24, 2.45) is 5.92 Å². The smallest absolute Gasteiger partial charge is 0.223 e. The van der Waals surface area contributed by atoms with Crippen LogP contribution in [0.5, 0.6) is 0 Å². The summed E-state index contributed by atoms with van der Waals surface area (Å²) in [5, 5.41) is 9.99. The van der Waals surface area contributed by atoms with Crippen LogP contribution < -0.4 is 5.32 Å². The maximum Gasteiger partial charge on any atom is 0.223 e. The molecule has 5 nitrogen and oxygen atoms in total. The number of halogens is 2. The van der Waals surface area contributed by atoms with Crippen molar-refractivity contribution in [1.29, 1.82) is 5.26 Å². The average Bonchev–Trinajstić information content (AvgIpc) is 2.95. The lowest BCUT2D eigenvalue weighted by molar-refractivity contribution is -0.124. The number of nitriles is 1. The van der Waals surface area contributed by atoms with Gasteiger partial charge in [-0.1, -0.05) is 11.6 Å². The number of benzene rings is 1. The summed E-state index contributed by atoms with van der Waals surface area (Å²) in [7, 11) is -3.72. The number of hydrogen-bond acceptors (Lipinski definition) is 4. The Morgan fingerprint density at radius 1 is 1.45 bits per heavy atom. The predicted octanol–water partition coefficient (Wildman–Crippen LogP) is 2.06. The lowest BCUT2D eigenvalue weighted by Gasteiger charge is -2.13. The Morgan fingerprint density at radius 3 is 2.82 bits per heavy atom. The molecule has 1 fully saturated rings. The third-order valence-corrected chi connectivity index (χ3v) is 6.44. The van der Waals surface area contributed by atoms with E-state index in [9.17, 15) is 17.6 Å². The highest BCUT2D eigenvalue weighted by Gasteiger charge is 2.38. The fraction of sp³-hybridized carbons (Fsp3) is 0.429. The third kappa shape index (κ3) is 3.39. The lowest BCUT2D eigenvalue weighted by Crippen LogP contribution is -2.30. The molecule has 0 heterocycles. The molecule has 0 spiro atoms. The van der Waals surface area contributed by atoms with E-state index < -0.39 is 26.8 Å². The second-order valence-electron chi connectivity index (χ2n) is 5.13. The molecule has 1 aromatic carbocycles. The van der Waals surface area contributed by atoms with Gasteiger partial charge < -0.3 is 5.32 Å². The van der Waals surface area contributed by atoms with Crippen LogP contribution >= 0.6 is 11.6 Å². The minimum absolute atomic E-state index is 0.101. The van der Waals surface area contributed by atoms with Crippen LogP contribution in [0.15, 0.2) is 23.1 Å². The maximum absolute atomic E-state index is 13.0. The van der Waals surface area contributed by atoms with Gasteiger partial charge in [0.2, 0.25) is 5.91 Å². The summed E-state index contributed by atoms with van der Waals surface area (Å²) in [6, 6.07) is 4.95. The van der Waals surface area contributed by atoms with E-state index in [-0.39, 0.29) is 28.8 Å². The monoisotopic (exact) mass is 344 g/mol. The molecular weight excluding hydrogens is 331 g/mol. The number of rotatable bonds is 4. The second-order valence-corrected chi connectivity index (χ2v) is 7.73. The molecule has 0 unspecified atom stereocenters. The van der Waals surface area contributed by atoms with Crippen LogP contribution in [0.1, 0.15) is 19.3 Å². The number of nitrogens with zero attached hydrogens (tertiary/aromatic N) is 1. The highest BCUT2D eigenvalue weighted by molar-refractivity contribution is 7.92. The van der Waals surface area contributed by atoms with Gasteiger partial charge in [0, 0.05) is 5.92 Å². The summed E-state index contributed by atoms with van der Waals surface area (Å²) < 4.78 is 38.2. The minimum atomic E-state index is -3.72. The highest BCUT2D eigenvalue weighted by Crippen LogP contribution is 2.36. The zero-order valence-corrected chi connectivity index (χ0v) is 13.1. The molecule has 0 saturated heterocycles. The molecule has 2 atom stereocenters. The van der Waals surface area contributed by atoms with Crippen molar-refractivity contribution in [1.82, 2.24) is 5.32 Å². The van der Waals surface area contributed by atoms with Crippen molar-refractivity contribution < 1.29 is 17.6 Å². The summed E-state index contributed by atoms with van der Waals surface area (Å²) in [6.07, 6.45) is 0.938. The summed E-state index contributed by atoms with van der Waals surface area (Å²) in [4.78, 5) is 11.7. The zero-order chi connectivity index (χ0) is 16.3. The molecule has 22 heavy (non-hydrogen) atoms. The van der Waals surface area contributed by atoms with Crippen LogP contribution in [-0.4, -0.2) is 26.1 Å². The van der Waals surface area contributed by atoms with E-state index in [0.29, 0.717) is 12.8 Å². The Labute approximate surface area is 133 Å². The van der Waals surface area contributed by atoms with E-state index >= 15 is 0 Å². The molecule has 1 amide bonds. The van der Waals surface area contributed by atoms with E-state index in [0.717, 1.165) is 18.2 Å². The van der Waals surface area contributed by atoms with E-state index in [2.05, 4.69) is 5.32 Å². The third-order valence-electron chi connectivity index (χ3n) is 3.74. The van der Waals surface area contributed by atoms with Crippen molar-refractivity contribution in [2.75, 3.05) is 6.54 Å². The first-order chi connectivity index (χ1) is 10.4. The van der Waals surface area contributed by atoms with Crippen LogP contribution in [0, 0.1) is 23.1 Å². The van der Waals surface area contributed by atoms with Gasteiger partial charge in [-0.25, -0.2) is 12.8 Å². The number of carbonyl (C=O) groups is 1. The van der Waals surface area contributed by atoms with Crippen LogP contribution in [0.3, 0.4) is 0 Å². The summed E-state index contributed by atoms with van der Waals surface area (Å²) in [5.74, 6) is -1.36. The standard InChI is InChI=1S/C14H14ClFN2O3S/c15-12-8-10(16)2-4-13(12)22(20,21)11-3-1-9(7-11)14(19)18-6-5-17/h2,4,8-9,11H,1,3,6-7H2,(H,18,19)/t9-,11-/m0/s1. The van der Waals surface area contributed by atoms with Gasteiger partial charge >= 0.3 is 0 Å². The van der Waals surface area contributed by atoms with Crippen LogP contribution in [0.2, 0.25) is 5.02 Å². The number of hydrogen-bond donors (Lipinski definition) is 1. The Hall–Kier alpha value is -1.65. The quantitative estimate of drug-likeness (QED) is 0.669. The topological polar surface area (TPSA) is 87.0 Å². The Bertz CT molecular complexity index is 730. The van der Waals surface area contributed by atoms with Crippen molar-refractivity contribution in [2.45, 2.75) is 29.4 Å². The van der Waals surface area contributed by atoms with E-state index in [1.54, 1.807) is 6.07 Å². The maximum atomic E-state index is 13.0. The van der Waals surface area contributed by atoms with Gasteiger partial charge in [0.25, 0.3) is 0 Å². The molecule has 1 aliphatic rings. The number of amides is 1. The molecule has 2 rings (SSSR count). The van der Waals surface area contributed by atoms with Crippen molar-refractivity contribution in [3.63, 3.8) is 0 Å². The van der Waals surface area contributed by atoms with Crippen molar-refractivity contribution in [3.05, 3.63) is 29.0 Å². The molecule has 0 bridgehead atoms. The molecule has 1 saturated carbocycles. The van der Waals surface area contributed by atoms with Crippen LogP contribution in [0.25, 0.3) is 0 Å². The average molecular weight is 345 g/mol. The first kappa shape index (κ1) is 16.7. The fourth-order valence-electron chi connectivity index (χ4n) is 2.62. The molecular formula is C14H14ClFN2O3S. The summed E-state index contributed by atoms with van der Waals surface area (Å²) in [5.41, 5.74) is 0. The fourth-order valence-corrected chi connectivity index (χ4v) is 4.99. The zero-order valence-electron chi connectivity index (χ0n) is 11.6. The summed E-state index contributed by atoms with van der Waals surface area (Å²) >= 11 is 5.83. The van der Waals surface area contributed by atoms with Gasteiger partial charge in [-0.15, -0.1) is 0 Å². The molecule has 0 aromatic heterocycles. The van der Waals surface area contributed by atoms with Gasteiger partial charge in [-0.05, 0) is 37.5 Å². The molecule has 1 aliphatic carbocycles. The Kier molecular flexibility index (Phi) is 5.04. The number of carbonyl (C=O) groups excluding carboxylic acids is 1. The normalized spacial score (nSPS) is 21.3. The summed E-state index contributed by atoms with van der Waals surface area (Å²) in [6.45, 7) is -0.101. The van der Waals surface area contributed by atoms with Crippen LogP contribution in [0.4, 0.5) is 4.39 Å². The van der Waals surface area contributed by atoms with Gasteiger partial charge in [-0.2, -0.15) is 5.26 Å². The first-order valence-electron chi connectivity index (χ1n) is 6.70. The van der Waals surface area contributed by atoms with Gasteiger partial charge in [-0.3, -0.25) is 4.79 Å². The molecule has 1 N–H and O–H groups in total. The van der Waals surface area contributed by atoms with Crippen LogP contribution in [-0.2, 0) is 14.6 Å². The molecule has 1 aromatic rings. The first-order valence-corrected chi connectivity index (χ1v) is 8.62. The van der Waals surface area contributed by atoms with Gasteiger partial charge in [0.1, 0.15) is 12.4 Å². The lowest BCUT2D eigenvalue weighted by atomic mass is 10.1. The van der Waals surface area contributed by atoms with E-state index in [1.165, 1.54) is 0 Å². The molecule has 8 heteroatoms. The molecule has 118 valence electrons. The largest absolute Gasteiger partial charge is 0.343 e. The second kappa shape index (κ2) is 6.63. The van der Waals surface area contributed by atoms with Gasteiger partial charge in [0.05, 0.1) is 21.2 Å². The van der Waals surface area contributed by atoms with E-state index in [4.69, 9.17) is 16.9 Å². The molecule has 0 radical (unpaired) electrons. The Balaban J connectivity index is 2.15. The number of sulfone groups is 1. The highest BCUT2D eigenvalue weighted by atomic mass is 35.5. The van der Waals surface area contributed by atoms with Crippen molar-refractivity contribution >= 4 is 27.3 Å². The predicted molar refractivity (Wildman–Crippen MR) is 78.3 cm³/mol. The number of nitrogens with one attached hydrogen (secondary N) is 1. The van der Waals surface area contributed by atoms with Gasteiger partial charge in [0.15, 0.2) is 9.84 Å². The van der Waals surface area contributed by atoms with Crippen molar-refractivity contribution in [3.8, 4) is 6.07 Å². The Morgan fingerprint density at radius 2 is 2.18 bits per heavy atom. The van der Waals surface area contributed by atoms with E-state index in [1.807, 2.05) is 0 Å². The molecule has 0 aliphatic heterocycles. The minimum Gasteiger partial charge on any atom is -0.343 e. The SMILES string of the molecule is N#CCNC(=O)[C@H]1CC[C@H](S(=O)(=O)c2ccc(F)cc2Cl)C1.